The second kappa shape index (κ2) is 13.0. The molecule has 25 heavy (non-hydrogen) atoms. The third-order valence-electron chi connectivity index (χ3n) is 4.53. The van der Waals surface area contributed by atoms with Crippen LogP contribution in [-0.4, -0.2) is 63.7 Å². The normalized spacial score (nSPS) is 16.1. The summed E-state index contributed by atoms with van der Waals surface area (Å²) in [7, 11) is 3.51. The highest BCUT2D eigenvalue weighted by molar-refractivity contribution is 5.84. The Kier molecular flexibility index (Phi) is 11.3. The highest BCUT2D eigenvalue weighted by Crippen LogP contribution is 2.22. The summed E-state index contributed by atoms with van der Waals surface area (Å²) in [5.41, 5.74) is 0. The molecule has 0 aromatic heterocycles. The summed E-state index contributed by atoms with van der Waals surface area (Å²) in [6, 6.07) is 0. The second-order valence-corrected chi connectivity index (χ2v) is 7.56. The number of guanidine groups is 1. The minimum absolute atomic E-state index is 0.00643. The molecule has 6 heteroatoms. The van der Waals surface area contributed by atoms with Crippen LogP contribution in [-0.2, 0) is 9.53 Å². The Morgan fingerprint density at radius 1 is 1.16 bits per heavy atom. The van der Waals surface area contributed by atoms with Crippen LogP contribution in [0.2, 0.25) is 0 Å². The molecule has 1 saturated carbocycles. The topological polar surface area (TPSA) is 66.0 Å². The molecule has 0 aromatic carbocycles. The van der Waals surface area contributed by atoms with Gasteiger partial charge in [-0.15, -0.1) is 0 Å². The fourth-order valence-electron chi connectivity index (χ4n) is 2.76. The van der Waals surface area contributed by atoms with Crippen LogP contribution in [0.1, 0.15) is 52.4 Å². The van der Waals surface area contributed by atoms with Crippen molar-refractivity contribution in [3.05, 3.63) is 0 Å². The van der Waals surface area contributed by atoms with E-state index in [-0.39, 0.29) is 12.5 Å². The van der Waals surface area contributed by atoms with Gasteiger partial charge in [0.2, 0.25) is 5.91 Å². The summed E-state index contributed by atoms with van der Waals surface area (Å²) in [6.07, 6.45) is 7.67. The molecule has 0 saturated heterocycles. The smallest absolute Gasteiger partial charge is 0.243 e. The molecule has 1 aliphatic carbocycles. The van der Waals surface area contributed by atoms with Crippen LogP contribution in [0.5, 0.6) is 0 Å². The van der Waals surface area contributed by atoms with Gasteiger partial charge in [-0.05, 0) is 31.1 Å². The molecule has 0 radical (unpaired) electrons. The highest BCUT2D eigenvalue weighted by Gasteiger charge is 2.14. The van der Waals surface area contributed by atoms with Crippen LogP contribution in [0.15, 0.2) is 4.99 Å². The van der Waals surface area contributed by atoms with E-state index in [0.29, 0.717) is 30.9 Å². The van der Waals surface area contributed by atoms with Crippen molar-refractivity contribution < 1.29 is 9.53 Å². The van der Waals surface area contributed by atoms with Gasteiger partial charge in [-0.25, -0.2) is 4.99 Å². The molecule has 0 bridgehead atoms. The van der Waals surface area contributed by atoms with E-state index >= 15 is 0 Å². The van der Waals surface area contributed by atoms with Crippen molar-refractivity contribution >= 4 is 11.9 Å². The summed E-state index contributed by atoms with van der Waals surface area (Å²) in [6.45, 7) is 7.63. The molecule has 0 heterocycles. The van der Waals surface area contributed by atoms with E-state index in [0.717, 1.165) is 19.6 Å². The SMILES string of the molecule is CC(C)CCOCCNC(=NCC(=O)N(C)C)NCC1CCCCC1. The van der Waals surface area contributed by atoms with Crippen LogP contribution in [0.3, 0.4) is 0 Å². The van der Waals surface area contributed by atoms with E-state index in [1.54, 1.807) is 19.0 Å². The largest absolute Gasteiger partial charge is 0.380 e. The number of rotatable bonds is 10. The summed E-state index contributed by atoms with van der Waals surface area (Å²) in [4.78, 5) is 17.8. The number of ether oxygens (including phenoxy) is 1. The molecule has 1 fully saturated rings. The molecule has 146 valence electrons. The van der Waals surface area contributed by atoms with Gasteiger partial charge in [-0.1, -0.05) is 33.1 Å². The van der Waals surface area contributed by atoms with Gasteiger partial charge in [0.1, 0.15) is 6.54 Å². The zero-order valence-corrected chi connectivity index (χ0v) is 16.6. The molecular formula is C19H38N4O2. The van der Waals surface area contributed by atoms with Gasteiger partial charge in [0.25, 0.3) is 0 Å². The van der Waals surface area contributed by atoms with E-state index < -0.39 is 0 Å². The molecule has 2 N–H and O–H groups in total. The first-order valence-corrected chi connectivity index (χ1v) is 9.79. The molecule has 0 aliphatic heterocycles. The summed E-state index contributed by atoms with van der Waals surface area (Å²) < 4.78 is 5.63. The summed E-state index contributed by atoms with van der Waals surface area (Å²) in [5, 5.41) is 6.69. The maximum atomic E-state index is 11.8. The number of carbonyl (C=O) groups is 1. The van der Waals surface area contributed by atoms with Gasteiger partial charge >= 0.3 is 0 Å². The van der Waals surface area contributed by atoms with Gasteiger partial charge in [-0.3, -0.25) is 4.79 Å². The molecule has 1 amide bonds. The average Bonchev–Trinajstić information content (AvgIpc) is 2.59. The number of hydrogen-bond donors (Lipinski definition) is 2. The number of likely N-dealkylation sites (N-methyl/N-ethyl adjacent to an activating group) is 1. The molecule has 0 unspecified atom stereocenters. The quantitative estimate of drug-likeness (QED) is 0.359. The number of nitrogens with zero attached hydrogens (tertiary/aromatic N) is 2. The summed E-state index contributed by atoms with van der Waals surface area (Å²) in [5.74, 6) is 2.10. The maximum Gasteiger partial charge on any atom is 0.243 e. The zero-order valence-electron chi connectivity index (χ0n) is 16.6. The van der Waals surface area contributed by atoms with Gasteiger partial charge in [-0.2, -0.15) is 0 Å². The number of carbonyl (C=O) groups excluding carboxylic acids is 1. The third kappa shape index (κ3) is 11.0. The Balaban J connectivity index is 2.35. The lowest BCUT2D eigenvalue weighted by molar-refractivity contribution is -0.127. The van der Waals surface area contributed by atoms with Crippen molar-refractivity contribution in [2.24, 2.45) is 16.8 Å². The lowest BCUT2D eigenvalue weighted by Gasteiger charge is -2.23. The average molecular weight is 355 g/mol. The monoisotopic (exact) mass is 354 g/mol. The lowest BCUT2D eigenvalue weighted by Crippen LogP contribution is -2.42. The molecule has 0 aromatic rings. The van der Waals surface area contributed by atoms with Crippen LogP contribution in [0.4, 0.5) is 0 Å². The van der Waals surface area contributed by atoms with Crippen LogP contribution in [0, 0.1) is 11.8 Å². The van der Waals surface area contributed by atoms with Gasteiger partial charge in [0, 0.05) is 33.8 Å². The molecular weight excluding hydrogens is 316 g/mol. The predicted octanol–water partition coefficient (Wildman–Crippen LogP) is 2.25. The Bertz CT molecular complexity index is 391. The first-order valence-electron chi connectivity index (χ1n) is 9.79. The van der Waals surface area contributed by atoms with Crippen LogP contribution >= 0.6 is 0 Å². The van der Waals surface area contributed by atoms with Crippen molar-refractivity contribution in [1.82, 2.24) is 15.5 Å². The summed E-state index contributed by atoms with van der Waals surface area (Å²) >= 11 is 0. The van der Waals surface area contributed by atoms with E-state index in [4.69, 9.17) is 4.74 Å². The van der Waals surface area contributed by atoms with Crippen molar-refractivity contribution in [1.29, 1.82) is 0 Å². The second-order valence-electron chi connectivity index (χ2n) is 7.56. The minimum atomic E-state index is 0.00643. The fraction of sp³-hybridized carbons (Fsp3) is 0.895. The Hall–Kier alpha value is -1.30. The standard InChI is InChI=1S/C19H38N4O2/c1-16(2)10-12-25-13-11-20-19(22-15-18(24)23(3)4)21-14-17-8-6-5-7-9-17/h16-17H,5-15H2,1-4H3,(H2,20,21,22). The molecule has 0 atom stereocenters. The fourth-order valence-corrected chi connectivity index (χ4v) is 2.76. The van der Waals surface area contributed by atoms with Crippen LogP contribution in [0.25, 0.3) is 0 Å². The molecule has 0 spiro atoms. The zero-order chi connectivity index (χ0) is 18.5. The highest BCUT2D eigenvalue weighted by atomic mass is 16.5. The molecule has 6 nitrogen and oxygen atoms in total. The first-order chi connectivity index (χ1) is 12.0. The maximum absolute atomic E-state index is 11.8. The Morgan fingerprint density at radius 3 is 2.52 bits per heavy atom. The number of aliphatic imine (C=N–C) groups is 1. The van der Waals surface area contributed by atoms with Crippen molar-refractivity contribution in [2.45, 2.75) is 52.4 Å². The van der Waals surface area contributed by atoms with Gasteiger partial charge in [0.15, 0.2) is 5.96 Å². The first kappa shape index (κ1) is 21.7. The number of amides is 1. The van der Waals surface area contributed by atoms with E-state index in [9.17, 15) is 4.79 Å². The van der Waals surface area contributed by atoms with E-state index in [1.165, 1.54) is 32.1 Å². The van der Waals surface area contributed by atoms with Crippen molar-refractivity contribution in [3.8, 4) is 0 Å². The molecule has 1 aliphatic rings. The predicted molar refractivity (Wildman–Crippen MR) is 104 cm³/mol. The number of hydrogen-bond acceptors (Lipinski definition) is 3. The van der Waals surface area contributed by atoms with Gasteiger partial charge in [0.05, 0.1) is 6.61 Å². The van der Waals surface area contributed by atoms with E-state index in [1.807, 2.05) is 0 Å². The Labute approximate surface area is 153 Å². The van der Waals surface area contributed by atoms with Crippen molar-refractivity contribution in [2.75, 3.05) is 46.9 Å². The lowest BCUT2D eigenvalue weighted by atomic mass is 9.89. The molecule has 1 rings (SSSR count). The third-order valence-corrected chi connectivity index (χ3v) is 4.53. The minimum Gasteiger partial charge on any atom is -0.380 e. The van der Waals surface area contributed by atoms with Gasteiger partial charge < -0.3 is 20.3 Å². The Morgan fingerprint density at radius 2 is 1.88 bits per heavy atom. The van der Waals surface area contributed by atoms with Crippen molar-refractivity contribution in [3.63, 3.8) is 0 Å². The number of nitrogens with one attached hydrogen (secondary N) is 2. The van der Waals surface area contributed by atoms with E-state index in [2.05, 4.69) is 29.5 Å². The van der Waals surface area contributed by atoms with Crippen LogP contribution < -0.4 is 10.6 Å².